The topological polar surface area (TPSA) is 32.8 Å². The Hall–Kier alpha value is -0.490. The zero-order valence-electron chi connectivity index (χ0n) is 9.51. The number of hydrogen-bond donors (Lipinski definition) is 0. The van der Waals surface area contributed by atoms with Gasteiger partial charge in [-0.15, -0.1) is 0 Å². The second-order valence-electron chi connectivity index (χ2n) is 4.22. The predicted octanol–water partition coefficient (Wildman–Crippen LogP) is 1.55. The second-order valence-corrected chi connectivity index (χ2v) is 5.63. The third kappa shape index (κ3) is 2.60. The van der Waals surface area contributed by atoms with Crippen LogP contribution in [0.25, 0.3) is 0 Å². The molecule has 1 aliphatic heterocycles. The second kappa shape index (κ2) is 4.79. The first-order chi connectivity index (χ1) is 7.61. The van der Waals surface area contributed by atoms with Gasteiger partial charge in [0.05, 0.1) is 13.1 Å². The number of carbonyl (C=O) groups excluding carboxylic acids is 1. The quantitative estimate of drug-likeness (QED) is 0.705. The van der Waals surface area contributed by atoms with Crippen molar-refractivity contribution >= 4 is 34.4 Å². The highest BCUT2D eigenvalue weighted by molar-refractivity contribution is 8.22. The van der Waals surface area contributed by atoms with E-state index >= 15 is 0 Å². The van der Waals surface area contributed by atoms with Gasteiger partial charge in [0.1, 0.15) is 6.10 Å². The molecule has 1 heterocycles. The van der Waals surface area contributed by atoms with E-state index in [4.69, 9.17) is 17.0 Å². The number of nitrogens with zero attached hydrogens (tertiary/aromatic N) is 2. The van der Waals surface area contributed by atoms with Crippen LogP contribution in [0.3, 0.4) is 0 Å². The summed E-state index contributed by atoms with van der Waals surface area (Å²) in [7, 11) is 1.88. The number of urea groups is 1. The molecule has 1 saturated heterocycles. The van der Waals surface area contributed by atoms with Crippen molar-refractivity contribution in [3.05, 3.63) is 0 Å². The van der Waals surface area contributed by atoms with Crippen LogP contribution in [0, 0.1) is 0 Å². The number of thioether (sulfide) groups is 1. The van der Waals surface area contributed by atoms with Gasteiger partial charge in [-0.25, -0.2) is 4.79 Å². The number of hydrogen-bond acceptors (Lipinski definition) is 4. The average Bonchev–Trinajstić information content (AvgIpc) is 3.03. The largest absolute Gasteiger partial charge is 0.471 e. The minimum absolute atomic E-state index is 0.0940. The van der Waals surface area contributed by atoms with Crippen molar-refractivity contribution in [3.63, 3.8) is 0 Å². The standard InChI is InChI=1S/C10H16N2O2S2/c1-11(7-3-4-7)9(13)12-5-8(6-12)14-10(15)16-2/h7-8H,3-6H2,1-2H3. The van der Waals surface area contributed by atoms with Gasteiger partial charge in [0.15, 0.2) is 0 Å². The maximum atomic E-state index is 11.9. The number of thiocarbonyl (C=S) groups is 1. The van der Waals surface area contributed by atoms with Crippen molar-refractivity contribution in [2.75, 3.05) is 26.4 Å². The summed E-state index contributed by atoms with van der Waals surface area (Å²) in [6, 6.07) is 0.595. The molecule has 1 saturated carbocycles. The lowest BCUT2D eigenvalue weighted by molar-refractivity contribution is 0.0299. The fourth-order valence-corrected chi connectivity index (χ4v) is 2.06. The number of ether oxygens (including phenoxy) is 1. The monoisotopic (exact) mass is 260 g/mol. The maximum Gasteiger partial charge on any atom is 0.320 e. The number of rotatable bonds is 2. The SMILES string of the molecule is CSC(=S)OC1CN(C(=O)N(C)C2CC2)C1. The van der Waals surface area contributed by atoms with E-state index in [1.807, 2.05) is 23.1 Å². The van der Waals surface area contributed by atoms with Crippen molar-refractivity contribution < 1.29 is 9.53 Å². The summed E-state index contributed by atoms with van der Waals surface area (Å²) in [4.78, 5) is 15.5. The zero-order chi connectivity index (χ0) is 11.7. The molecule has 2 fully saturated rings. The van der Waals surface area contributed by atoms with Crippen LogP contribution in [0.1, 0.15) is 12.8 Å². The molecule has 0 unspecified atom stereocenters. The molecule has 0 aromatic rings. The lowest BCUT2D eigenvalue weighted by Gasteiger charge is -2.40. The zero-order valence-corrected chi connectivity index (χ0v) is 11.1. The Balaban J connectivity index is 1.71. The van der Waals surface area contributed by atoms with Crippen LogP contribution >= 0.6 is 24.0 Å². The summed E-state index contributed by atoms with van der Waals surface area (Å²) in [5.41, 5.74) is 0. The highest BCUT2D eigenvalue weighted by Gasteiger charge is 2.38. The molecule has 2 amide bonds. The van der Waals surface area contributed by atoms with E-state index < -0.39 is 0 Å². The van der Waals surface area contributed by atoms with Gasteiger partial charge in [-0.3, -0.25) is 0 Å². The molecule has 16 heavy (non-hydrogen) atoms. The molecule has 0 aromatic carbocycles. The molecule has 0 aromatic heterocycles. The number of likely N-dealkylation sites (tertiary alicyclic amines) is 1. The molecule has 4 nitrogen and oxygen atoms in total. The Morgan fingerprint density at radius 2 is 2.12 bits per heavy atom. The molecule has 0 bridgehead atoms. The number of carbonyl (C=O) groups is 1. The maximum absolute atomic E-state index is 11.9. The normalized spacial score (nSPS) is 20.2. The van der Waals surface area contributed by atoms with Gasteiger partial charge in [0.2, 0.25) is 4.38 Å². The van der Waals surface area contributed by atoms with Crippen LogP contribution in [-0.2, 0) is 4.74 Å². The van der Waals surface area contributed by atoms with Crippen molar-refractivity contribution in [2.45, 2.75) is 25.0 Å². The summed E-state index contributed by atoms with van der Waals surface area (Å²) in [6.45, 7) is 1.33. The predicted molar refractivity (Wildman–Crippen MR) is 68.7 cm³/mol. The van der Waals surface area contributed by atoms with E-state index in [-0.39, 0.29) is 12.1 Å². The van der Waals surface area contributed by atoms with Gasteiger partial charge in [-0.05, 0) is 31.3 Å². The van der Waals surface area contributed by atoms with Crippen molar-refractivity contribution in [1.82, 2.24) is 9.80 Å². The van der Waals surface area contributed by atoms with E-state index in [9.17, 15) is 4.79 Å². The molecule has 2 rings (SSSR count). The molecule has 6 heteroatoms. The minimum Gasteiger partial charge on any atom is -0.471 e. The average molecular weight is 260 g/mol. The van der Waals surface area contributed by atoms with Crippen LogP contribution in [0.15, 0.2) is 0 Å². The smallest absolute Gasteiger partial charge is 0.320 e. The summed E-state index contributed by atoms with van der Waals surface area (Å²) < 4.78 is 6.02. The lowest BCUT2D eigenvalue weighted by Crippen LogP contribution is -2.58. The first-order valence-electron chi connectivity index (χ1n) is 5.38. The van der Waals surface area contributed by atoms with Crippen molar-refractivity contribution in [2.24, 2.45) is 0 Å². The minimum atomic E-state index is 0.0940. The molecule has 1 aliphatic carbocycles. The van der Waals surface area contributed by atoms with Gasteiger partial charge in [0, 0.05) is 13.1 Å². The molecule has 0 spiro atoms. The fraction of sp³-hybridized carbons (Fsp3) is 0.800. The Bertz CT molecular complexity index is 301. The highest BCUT2D eigenvalue weighted by atomic mass is 32.2. The van der Waals surface area contributed by atoms with E-state index in [1.54, 1.807) is 0 Å². The first kappa shape index (κ1) is 12.0. The Morgan fingerprint density at radius 3 is 2.62 bits per heavy atom. The van der Waals surface area contributed by atoms with E-state index in [1.165, 1.54) is 11.8 Å². The fourth-order valence-electron chi connectivity index (χ4n) is 1.69. The van der Waals surface area contributed by atoms with E-state index in [0.29, 0.717) is 23.5 Å². The van der Waals surface area contributed by atoms with Crippen LogP contribution < -0.4 is 0 Å². The van der Waals surface area contributed by atoms with Crippen molar-refractivity contribution in [3.8, 4) is 0 Å². The Morgan fingerprint density at radius 1 is 1.50 bits per heavy atom. The van der Waals surface area contributed by atoms with Gasteiger partial charge in [-0.2, -0.15) is 0 Å². The van der Waals surface area contributed by atoms with Gasteiger partial charge >= 0.3 is 6.03 Å². The molecule has 0 N–H and O–H groups in total. The van der Waals surface area contributed by atoms with Crippen molar-refractivity contribution in [1.29, 1.82) is 0 Å². The highest BCUT2D eigenvalue weighted by Crippen LogP contribution is 2.27. The number of amides is 2. The summed E-state index contributed by atoms with van der Waals surface area (Å²) in [5, 5.41) is 0. The molecule has 0 atom stereocenters. The van der Waals surface area contributed by atoms with Crippen LogP contribution in [0.4, 0.5) is 4.79 Å². The molecule has 0 radical (unpaired) electrons. The molecular weight excluding hydrogens is 244 g/mol. The van der Waals surface area contributed by atoms with E-state index in [2.05, 4.69) is 0 Å². The summed E-state index contributed by atoms with van der Waals surface area (Å²) >= 11 is 6.39. The first-order valence-corrected chi connectivity index (χ1v) is 7.01. The summed E-state index contributed by atoms with van der Waals surface area (Å²) in [5.74, 6) is 0. The summed E-state index contributed by atoms with van der Waals surface area (Å²) in [6.07, 6.45) is 4.28. The van der Waals surface area contributed by atoms with Crippen LogP contribution in [0.2, 0.25) is 0 Å². The van der Waals surface area contributed by atoms with Gasteiger partial charge in [-0.1, -0.05) is 11.8 Å². The van der Waals surface area contributed by atoms with E-state index in [0.717, 1.165) is 12.8 Å². The third-order valence-corrected chi connectivity index (χ3v) is 3.97. The van der Waals surface area contributed by atoms with Crippen LogP contribution in [-0.4, -0.2) is 58.8 Å². The molecule has 2 aliphatic rings. The molecule has 90 valence electrons. The molecular formula is C10H16N2O2S2. The van der Waals surface area contributed by atoms with Gasteiger partial charge < -0.3 is 14.5 Å². The Labute approximate surface area is 105 Å². The third-order valence-electron chi connectivity index (χ3n) is 2.94. The lowest BCUT2D eigenvalue weighted by atomic mass is 10.2. The van der Waals surface area contributed by atoms with Crippen LogP contribution in [0.5, 0.6) is 0 Å². The van der Waals surface area contributed by atoms with Gasteiger partial charge in [0.25, 0.3) is 0 Å². The Kier molecular flexibility index (Phi) is 3.59.